The topological polar surface area (TPSA) is 121 Å². The first-order valence-corrected chi connectivity index (χ1v) is 14.3. The maximum absolute atomic E-state index is 13.1. The number of fused-ring (bicyclic) bond motifs is 1. The molecule has 1 aliphatic heterocycles. The van der Waals surface area contributed by atoms with Crippen LogP contribution in [0.3, 0.4) is 0 Å². The number of amides is 2. The van der Waals surface area contributed by atoms with Crippen LogP contribution in [0.25, 0.3) is 0 Å². The van der Waals surface area contributed by atoms with Crippen LogP contribution in [-0.2, 0) is 22.6 Å². The predicted molar refractivity (Wildman–Crippen MR) is 168 cm³/mol. The summed E-state index contributed by atoms with van der Waals surface area (Å²) in [5, 5.41) is 4.88. The number of cyclic esters (lactones) is 1. The standard InChI is InChI=1S/C32H32Cl2N2O8/c1-17(14-23(34)30(37)44-19-11-13-25(40-3)26(15-19)41-4)10-12-20-28(36-32(39)35-24-9-7-6-8-22(24)33)27-21(16-43-31(27)38)18(2)29(20)42-5/h6-11,13,15,23H,12,14,16H2,1-5H3,(H2,35,36,39). The number of methoxy groups -OCH3 is 3. The fourth-order valence-electron chi connectivity index (χ4n) is 4.81. The highest BCUT2D eigenvalue weighted by molar-refractivity contribution is 6.33. The van der Waals surface area contributed by atoms with Gasteiger partial charge in [0.2, 0.25) is 0 Å². The molecule has 0 spiro atoms. The number of alkyl halides is 1. The SMILES string of the molecule is COc1ccc(OC(=O)C(Cl)CC(C)=CCc2c(NC(=O)Nc3ccccc3Cl)c3c(c(C)c2OC)COC3=O)cc1OC. The van der Waals surface area contributed by atoms with Gasteiger partial charge in [-0.3, -0.25) is 4.79 Å². The molecule has 0 aliphatic carbocycles. The molecule has 2 amide bonds. The van der Waals surface area contributed by atoms with E-state index in [4.69, 9.17) is 46.9 Å². The molecule has 1 heterocycles. The normalized spacial score (nSPS) is 13.0. The first kappa shape index (κ1) is 32.5. The highest BCUT2D eigenvalue weighted by atomic mass is 35.5. The lowest BCUT2D eigenvalue weighted by Gasteiger charge is -2.20. The number of carbonyl (C=O) groups excluding carboxylic acids is 3. The van der Waals surface area contributed by atoms with Crippen LogP contribution >= 0.6 is 23.2 Å². The number of ether oxygens (including phenoxy) is 5. The minimum atomic E-state index is -0.989. The molecular formula is C32H32Cl2N2O8. The molecule has 0 bridgehead atoms. The molecule has 0 saturated heterocycles. The lowest BCUT2D eigenvalue weighted by molar-refractivity contribution is -0.133. The molecule has 3 aromatic carbocycles. The zero-order valence-electron chi connectivity index (χ0n) is 24.8. The lowest BCUT2D eigenvalue weighted by atomic mass is 9.93. The third-order valence-electron chi connectivity index (χ3n) is 7.02. The van der Waals surface area contributed by atoms with E-state index in [1.165, 1.54) is 27.4 Å². The first-order chi connectivity index (χ1) is 21.1. The number of allylic oxidation sites excluding steroid dienone is 2. The summed E-state index contributed by atoms with van der Waals surface area (Å²) in [4.78, 5) is 38.6. The van der Waals surface area contributed by atoms with Crippen LogP contribution in [0.5, 0.6) is 23.0 Å². The van der Waals surface area contributed by atoms with Crippen molar-refractivity contribution in [3.8, 4) is 23.0 Å². The van der Waals surface area contributed by atoms with Crippen LogP contribution in [0, 0.1) is 6.92 Å². The number of esters is 2. The number of nitrogens with one attached hydrogen (secondary N) is 2. The van der Waals surface area contributed by atoms with Crippen molar-refractivity contribution in [2.24, 2.45) is 0 Å². The van der Waals surface area contributed by atoms with Gasteiger partial charge in [0.25, 0.3) is 0 Å². The number of benzene rings is 3. The average Bonchev–Trinajstić information content (AvgIpc) is 3.40. The fourth-order valence-corrected chi connectivity index (χ4v) is 5.28. The van der Waals surface area contributed by atoms with E-state index in [9.17, 15) is 14.4 Å². The van der Waals surface area contributed by atoms with Crippen LogP contribution in [-0.4, -0.2) is 44.7 Å². The summed E-state index contributed by atoms with van der Waals surface area (Å²) in [6.07, 6.45) is 2.27. The minimum absolute atomic E-state index is 0.0580. The second-order valence-electron chi connectivity index (χ2n) is 9.86. The van der Waals surface area contributed by atoms with Gasteiger partial charge in [0.15, 0.2) is 11.5 Å². The molecule has 1 atom stereocenters. The van der Waals surface area contributed by atoms with Crippen molar-refractivity contribution >= 4 is 52.5 Å². The molecule has 2 N–H and O–H groups in total. The zero-order chi connectivity index (χ0) is 32.0. The Hall–Kier alpha value is -4.41. The van der Waals surface area contributed by atoms with E-state index in [0.29, 0.717) is 39.1 Å². The minimum Gasteiger partial charge on any atom is -0.496 e. The summed E-state index contributed by atoms with van der Waals surface area (Å²) in [5.74, 6) is 0.463. The average molecular weight is 644 g/mol. The number of hydrogen-bond donors (Lipinski definition) is 2. The van der Waals surface area contributed by atoms with Gasteiger partial charge in [-0.15, -0.1) is 11.6 Å². The molecule has 10 nitrogen and oxygen atoms in total. The van der Waals surface area contributed by atoms with Gasteiger partial charge in [0.05, 0.1) is 43.3 Å². The number of anilines is 2. The summed E-state index contributed by atoms with van der Waals surface area (Å²) in [7, 11) is 4.50. The molecule has 3 aromatic rings. The van der Waals surface area contributed by atoms with Gasteiger partial charge in [-0.05, 0) is 56.5 Å². The molecule has 4 rings (SSSR count). The molecule has 0 aromatic heterocycles. The van der Waals surface area contributed by atoms with Crippen LogP contribution in [0.1, 0.15) is 40.4 Å². The van der Waals surface area contributed by atoms with Gasteiger partial charge < -0.3 is 34.3 Å². The summed E-state index contributed by atoms with van der Waals surface area (Å²) in [5.41, 5.74) is 3.58. The van der Waals surface area contributed by atoms with Crippen molar-refractivity contribution in [2.45, 2.75) is 38.7 Å². The Balaban J connectivity index is 1.56. The highest BCUT2D eigenvalue weighted by Crippen LogP contribution is 2.41. The van der Waals surface area contributed by atoms with Gasteiger partial charge in [-0.1, -0.05) is 35.4 Å². The molecule has 12 heteroatoms. The fraction of sp³-hybridized carbons (Fsp3) is 0.281. The monoisotopic (exact) mass is 642 g/mol. The smallest absolute Gasteiger partial charge is 0.341 e. The van der Waals surface area contributed by atoms with Crippen molar-refractivity contribution in [1.82, 2.24) is 0 Å². The van der Waals surface area contributed by atoms with E-state index in [1.807, 2.05) is 19.9 Å². The predicted octanol–water partition coefficient (Wildman–Crippen LogP) is 7.08. The summed E-state index contributed by atoms with van der Waals surface area (Å²) < 4.78 is 27.0. The van der Waals surface area contributed by atoms with Crippen molar-refractivity contribution in [3.05, 3.63) is 81.4 Å². The van der Waals surface area contributed by atoms with Gasteiger partial charge in [0.1, 0.15) is 23.5 Å². The Morgan fingerprint density at radius 3 is 2.45 bits per heavy atom. The van der Waals surface area contributed by atoms with Crippen LogP contribution in [0.2, 0.25) is 5.02 Å². The van der Waals surface area contributed by atoms with E-state index >= 15 is 0 Å². The molecule has 1 unspecified atom stereocenters. The Kier molecular flexibility index (Phi) is 10.6. The van der Waals surface area contributed by atoms with Crippen molar-refractivity contribution in [1.29, 1.82) is 0 Å². The van der Waals surface area contributed by atoms with Crippen molar-refractivity contribution in [2.75, 3.05) is 32.0 Å². The second kappa shape index (κ2) is 14.4. The van der Waals surface area contributed by atoms with Crippen LogP contribution in [0.15, 0.2) is 54.1 Å². The number of hydrogen-bond acceptors (Lipinski definition) is 8. The number of carbonyl (C=O) groups is 3. The van der Waals surface area contributed by atoms with Gasteiger partial charge in [0, 0.05) is 17.2 Å². The Morgan fingerprint density at radius 2 is 1.77 bits per heavy atom. The van der Waals surface area contributed by atoms with Crippen molar-refractivity contribution in [3.63, 3.8) is 0 Å². The number of halogens is 2. The van der Waals surface area contributed by atoms with E-state index in [0.717, 1.165) is 11.1 Å². The van der Waals surface area contributed by atoms with Crippen molar-refractivity contribution < 1.29 is 38.1 Å². The number of urea groups is 1. The van der Waals surface area contributed by atoms with E-state index in [-0.39, 0.29) is 36.4 Å². The largest absolute Gasteiger partial charge is 0.496 e. The highest BCUT2D eigenvalue weighted by Gasteiger charge is 2.33. The third kappa shape index (κ3) is 7.20. The summed E-state index contributed by atoms with van der Waals surface area (Å²) in [6, 6.07) is 10.9. The van der Waals surface area contributed by atoms with E-state index < -0.39 is 23.3 Å². The maximum Gasteiger partial charge on any atom is 0.341 e. The molecule has 0 radical (unpaired) electrons. The number of rotatable bonds is 11. The second-order valence-corrected chi connectivity index (χ2v) is 10.8. The molecular weight excluding hydrogens is 611 g/mol. The molecule has 1 aliphatic rings. The van der Waals surface area contributed by atoms with Crippen LogP contribution in [0.4, 0.5) is 16.2 Å². The van der Waals surface area contributed by atoms with E-state index in [2.05, 4.69) is 10.6 Å². The summed E-state index contributed by atoms with van der Waals surface area (Å²) >= 11 is 12.6. The Bertz CT molecular complexity index is 1620. The zero-order valence-corrected chi connectivity index (χ0v) is 26.4. The Morgan fingerprint density at radius 1 is 1.05 bits per heavy atom. The molecule has 0 saturated carbocycles. The first-order valence-electron chi connectivity index (χ1n) is 13.5. The van der Waals surface area contributed by atoms with Gasteiger partial charge in [-0.2, -0.15) is 0 Å². The molecule has 44 heavy (non-hydrogen) atoms. The van der Waals surface area contributed by atoms with Gasteiger partial charge in [-0.25, -0.2) is 9.59 Å². The lowest BCUT2D eigenvalue weighted by Crippen LogP contribution is -2.23. The Labute approximate surface area is 265 Å². The molecule has 0 fully saturated rings. The third-order valence-corrected chi connectivity index (χ3v) is 7.68. The maximum atomic E-state index is 13.1. The van der Waals surface area contributed by atoms with Crippen LogP contribution < -0.4 is 29.6 Å². The van der Waals surface area contributed by atoms with E-state index in [1.54, 1.807) is 36.4 Å². The summed E-state index contributed by atoms with van der Waals surface area (Å²) in [6.45, 7) is 3.70. The van der Waals surface area contributed by atoms with Gasteiger partial charge >= 0.3 is 18.0 Å². The molecule has 232 valence electrons. The number of para-hydroxylation sites is 1. The quantitative estimate of drug-likeness (QED) is 0.0985.